The molecule has 1 aromatic heterocycles. The second-order valence-electron chi connectivity index (χ2n) is 4.02. The maximum atomic E-state index is 12.8. The highest BCUT2D eigenvalue weighted by molar-refractivity contribution is 6.03. The smallest absolute Gasteiger partial charge is 0.321 e. The number of aliphatic imine (C=N–C) groups is 1. The number of alkyl halides is 3. The molecule has 0 radical (unpaired) electrons. The molecule has 1 rings (SSSR count). The zero-order valence-electron chi connectivity index (χ0n) is 11.5. The Morgan fingerprint density at radius 2 is 2.10 bits per heavy atom. The lowest BCUT2D eigenvalue weighted by Crippen LogP contribution is -2.23. The molecule has 0 aliphatic rings. The summed E-state index contributed by atoms with van der Waals surface area (Å²) in [7, 11) is 0. The van der Waals surface area contributed by atoms with Crippen molar-refractivity contribution in [2.75, 3.05) is 0 Å². The Labute approximate surface area is 119 Å². The number of aryl methyl sites for hydroxylation is 1. The zero-order valence-corrected chi connectivity index (χ0v) is 11.5. The largest absolute Gasteiger partial charge is 0.421 e. The van der Waals surface area contributed by atoms with Gasteiger partial charge in [0.25, 0.3) is 0 Å². The van der Waals surface area contributed by atoms with Gasteiger partial charge in [0, 0.05) is 6.20 Å². The number of rotatable bonds is 4. The van der Waals surface area contributed by atoms with Crippen molar-refractivity contribution in [1.29, 1.82) is 0 Å². The van der Waals surface area contributed by atoms with Crippen LogP contribution in [0.1, 0.15) is 18.3 Å². The van der Waals surface area contributed by atoms with Gasteiger partial charge in [-0.25, -0.2) is 15.0 Å². The van der Waals surface area contributed by atoms with Gasteiger partial charge in [-0.1, -0.05) is 13.2 Å². The molecule has 112 valence electrons. The van der Waals surface area contributed by atoms with E-state index >= 15 is 0 Å². The number of amides is 1. The van der Waals surface area contributed by atoms with Gasteiger partial charge in [-0.15, -0.1) is 0 Å². The highest BCUT2D eigenvalue weighted by Gasteiger charge is 2.35. The Kier molecular flexibility index (Phi) is 4.96. The van der Waals surface area contributed by atoms with Crippen molar-refractivity contribution in [3.05, 3.63) is 42.5 Å². The molecule has 1 aromatic rings. The summed E-state index contributed by atoms with van der Waals surface area (Å²) in [6.07, 6.45) is -2.95. The summed E-state index contributed by atoms with van der Waals surface area (Å²) in [6.45, 7) is 9.62. The van der Waals surface area contributed by atoms with E-state index in [-0.39, 0.29) is 17.2 Å². The minimum absolute atomic E-state index is 0.0595. The lowest BCUT2D eigenvalue weighted by molar-refractivity contribution is -0.137. The van der Waals surface area contributed by atoms with Gasteiger partial charge < -0.3 is 5.32 Å². The second kappa shape index (κ2) is 6.29. The van der Waals surface area contributed by atoms with Crippen LogP contribution in [0.3, 0.4) is 0 Å². The molecule has 0 atom stereocenters. The van der Waals surface area contributed by atoms with Gasteiger partial charge in [0.15, 0.2) is 5.82 Å². The fourth-order valence-electron chi connectivity index (χ4n) is 1.26. The van der Waals surface area contributed by atoms with Crippen LogP contribution in [0.2, 0.25) is 0 Å². The van der Waals surface area contributed by atoms with Crippen molar-refractivity contribution >= 4 is 17.4 Å². The molecular formula is C13H13F3N4O. The van der Waals surface area contributed by atoms with Gasteiger partial charge in [-0.2, -0.15) is 13.2 Å². The topological polar surface area (TPSA) is 67.2 Å². The highest BCUT2D eigenvalue weighted by atomic mass is 19.4. The number of aromatic nitrogens is 2. The van der Waals surface area contributed by atoms with E-state index in [4.69, 9.17) is 0 Å². The average Bonchev–Trinajstić information content (AvgIpc) is 2.36. The summed E-state index contributed by atoms with van der Waals surface area (Å²) in [6, 6.07) is 0. The third kappa shape index (κ3) is 4.51. The van der Waals surface area contributed by atoms with Gasteiger partial charge >= 0.3 is 6.18 Å². The van der Waals surface area contributed by atoms with E-state index in [9.17, 15) is 18.0 Å². The lowest BCUT2D eigenvalue weighted by Gasteiger charge is -2.10. The number of nitrogens with zero attached hydrogens (tertiary/aromatic N) is 3. The van der Waals surface area contributed by atoms with E-state index in [1.54, 1.807) is 0 Å². The summed E-state index contributed by atoms with van der Waals surface area (Å²) >= 11 is 0. The van der Waals surface area contributed by atoms with Crippen LogP contribution in [0.5, 0.6) is 0 Å². The monoisotopic (exact) mass is 298 g/mol. The van der Waals surface area contributed by atoms with Crippen LogP contribution in [0.4, 0.5) is 19.0 Å². The van der Waals surface area contributed by atoms with Gasteiger partial charge in [0.1, 0.15) is 11.4 Å². The van der Waals surface area contributed by atoms with Gasteiger partial charge in [-0.3, -0.25) is 4.79 Å². The number of halogens is 3. The first-order valence-electron chi connectivity index (χ1n) is 5.74. The third-order valence-electron chi connectivity index (χ3n) is 2.36. The minimum atomic E-state index is -4.63. The number of hydrogen-bond donors (Lipinski definition) is 1. The number of carbonyl (C=O) groups is 1. The van der Waals surface area contributed by atoms with Crippen LogP contribution in [0.15, 0.2) is 36.1 Å². The molecule has 0 aromatic carbocycles. The molecule has 8 heteroatoms. The summed E-state index contributed by atoms with van der Waals surface area (Å²) < 4.78 is 38.5. The SMILES string of the molecule is C=CC(=O)NC(=C)C(C)=Nc1nc(C)ncc1C(F)(F)F. The maximum Gasteiger partial charge on any atom is 0.421 e. The summed E-state index contributed by atoms with van der Waals surface area (Å²) in [5.74, 6) is -0.916. The Morgan fingerprint density at radius 1 is 1.48 bits per heavy atom. The highest BCUT2D eigenvalue weighted by Crippen LogP contribution is 2.34. The first-order valence-corrected chi connectivity index (χ1v) is 5.74. The van der Waals surface area contributed by atoms with E-state index < -0.39 is 23.5 Å². The van der Waals surface area contributed by atoms with Crippen molar-refractivity contribution in [1.82, 2.24) is 15.3 Å². The number of allylic oxidation sites excluding steroid dienone is 1. The van der Waals surface area contributed by atoms with E-state index in [0.29, 0.717) is 6.20 Å². The average molecular weight is 298 g/mol. The molecule has 0 unspecified atom stereocenters. The number of hydrogen-bond acceptors (Lipinski definition) is 4. The first kappa shape index (κ1) is 16.5. The Bertz CT molecular complexity index is 620. The molecular weight excluding hydrogens is 285 g/mol. The standard InChI is InChI=1S/C13H13F3N4O/c1-5-11(21)18-7(2)8(3)19-12-10(13(14,15)16)6-17-9(4)20-12/h5-6H,1-2H2,3-4H3,(H,18,21). The third-order valence-corrected chi connectivity index (χ3v) is 2.36. The van der Waals surface area contributed by atoms with E-state index in [1.807, 2.05) is 0 Å². The molecule has 0 saturated heterocycles. The molecule has 0 aliphatic heterocycles. The molecule has 1 heterocycles. The van der Waals surface area contributed by atoms with Gasteiger partial charge in [0.05, 0.1) is 11.4 Å². The van der Waals surface area contributed by atoms with Crippen molar-refractivity contribution in [2.45, 2.75) is 20.0 Å². The normalized spacial score (nSPS) is 12.0. The van der Waals surface area contributed by atoms with Crippen LogP contribution >= 0.6 is 0 Å². The molecule has 0 bridgehead atoms. The van der Waals surface area contributed by atoms with Crippen molar-refractivity contribution in [2.24, 2.45) is 4.99 Å². The summed E-state index contributed by atoms with van der Waals surface area (Å²) in [5.41, 5.74) is -0.909. The van der Waals surface area contributed by atoms with E-state index in [2.05, 4.69) is 33.4 Å². The van der Waals surface area contributed by atoms with Crippen LogP contribution in [-0.2, 0) is 11.0 Å². The predicted octanol–water partition coefficient (Wildman–Crippen LogP) is 2.71. The van der Waals surface area contributed by atoms with Crippen molar-refractivity contribution < 1.29 is 18.0 Å². The number of carbonyl (C=O) groups excluding carboxylic acids is 1. The van der Waals surface area contributed by atoms with Crippen molar-refractivity contribution in [3.63, 3.8) is 0 Å². The summed E-state index contributed by atoms with van der Waals surface area (Å²) in [4.78, 5) is 22.1. The van der Waals surface area contributed by atoms with E-state index in [1.165, 1.54) is 13.8 Å². The molecule has 0 aliphatic carbocycles. The molecule has 5 nitrogen and oxygen atoms in total. The van der Waals surface area contributed by atoms with Crippen LogP contribution in [0, 0.1) is 6.92 Å². The quantitative estimate of drug-likeness (QED) is 0.686. The molecule has 21 heavy (non-hydrogen) atoms. The summed E-state index contributed by atoms with van der Waals surface area (Å²) in [5, 5.41) is 2.32. The van der Waals surface area contributed by atoms with Crippen molar-refractivity contribution in [3.8, 4) is 0 Å². The van der Waals surface area contributed by atoms with Gasteiger partial charge in [-0.05, 0) is 19.9 Å². The maximum absolute atomic E-state index is 12.8. The van der Waals surface area contributed by atoms with Crippen LogP contribution in [-0.4, -0.2) is 21.6 Å². The fraction of sp³-hybridized carbons (Fsp3) is 0.231. The second-order valence-corrected chi connectivity index (χ2v) is 4.02. The Hall–Kier alpha value is -2.51. The fourth-order valence-corrected chi connectivity index (χ4v) is 1.26. The van der Waals surface area contributed by atoms with Crippen LogP contribution in [0.25, 0.3) is 0 Å². The lowest BCUT2D eigenvalue weighted by atomic mass is 10.2. The molecule has 1 amide bonds. The van der Waals surface area contributed by atoms with Gasteiger partial charge in [0.2, 0.25) is 5.91 Å². The minimum Gasteiger partial charge on any atom is -0.321 e. The Balaban J connectivity index is 3.18. The molecule has 0 spiro atoms. The van der Waals surface area contributed by atoms with Crippen LogP contribution < -0.4 is 5.32 Å². The molecule has 0 saturated carbocycles. The zero-order chi connectivity index (χ0) is 16.2. The van der Waals surface area contributed by atoms with E-state index in [0.717, 1.165) is 6.08 Å². The Morgan fingerprint density at radius 3 is 2.62 bits per heavy atom. The first-order chi connectivity index (χ1) is 9.65. The molecule has 1 N–H and O–H groups in total. The predicted molar refractivity (Wildman–Crippen MR) is 72.0 cm³/mol. The number of nitrogens with one attached hydrogen (secondary N) is 1. The molecule has 0 fully saturated rings.